The minimum atomic E-state index is -0.629. The molecule has 3 aromatic carbocycles. The van der Waals surface area contributed by atoms with Crippen LogP contribution in [0.2, 0.25) is 5.02 Å². The number of benzene rings is 3. The average Bonchev–Trinajstić information content (AvgIpc) is 2.90. The van der Waals surface area contributed by atoms with Gasteiger partial charge >= 0.3 is 0 Å². The van der Waals surface area contributed by atoms with Crippen molar-refractivity contribution in [3.05, 3.63) is 106 Å². The lowest BCUT2D eigenvalue weighted by Gasteiger charge is -2.32. The number of nitrogens with one attached hydrogen (secondary N) is 1. The van der Waals surface area contributed by atoms with E-state index in [1.807, 2.05) is 68.4 Å². The van der Waals surface area contributed by atoms with Crippen molar-refractivity contribution in [1.29, 1.82) is 0 Å². The first-order valence-corrected chi connectivity index (χ1v) is 13.2. The Morgan fingerprint density at radius 3 is 2.17 bits per heavy atom. The number of nitrogens with zero attached hydrogens (tertiary/aromatic N) is 1. The van der Waals surface area contributed by atoms with Crippen LogP contribution in [0.5, 0.6) is 0 Å². The van der Waals surface area contributed by atoms with Gasteiger partial charge in [0, 0.05) is 30.5 Å². The standard InChI is InChI=1S/C31H37ClN2O2/c1-4-23(3)33-31(36)29(21-26-10-7-6-8-11-26)34(22-27-12-9-13-28(32)20-27)30(35)19-18-25-16-14-24(5-2)15-17-25/h6-17,20,23,29H,4-5,18-19,21-22H2,1-3H3,(H,33,36)/t23-,29+/m0/s1. The Labute approximate surface area is 220 Å². The van der Waals surface area contributed by atoms with Gasteiger partial charge in [0.25, 0.3) is 0 Å². The molecule has 0 unspecified atom stereocenters. The molecule has 0 heterocycles. The van der Waals surface area contributed by atoms with Crippen LogP contribution in [0.25, 0.3) is 0 Å². The van der Waals surface area contributed by atoms with Crippen LogP contribution in [-0.4, -0.2) is 28.8 Å². The number of amides is 2. The van der Waals surface area contributed by atoms with Crippen LogP contribution in [0.15, 0.2) is 78.9 Å². The molecule has 0 aliphatic rings. The fourth-order valence-corrected chi connectivity index (χ4v) is 4.38. The molecule has 5 heteroatoms. The van der Waals surface area contributed by atoms with E-state index in [1.54, 1.807) is 4.90 Å². The summed E-state index contributed by atoms with van der Waals surface area (Å²) in [4.78, 5) is 29.0. The zero-order valence-corrected chi connectivity index (χ0v) is 22.3. The van der Waals surface area contributed by atoms with Crippen molar-refractivity contribution in [2.45, 2.75) is 71.5 Å². The predicted molar refractivity (Wildman–Crippen MR) is 148 cm³/mol. The van der Waals surface area contributed by atoms with Gasteiger partial charge in [-0.1, -0.05) is 92.2 Å². The molecular formula is C31H37ClN2O2. The number of carbonyl (C=O) groups excluding carboxylic acids is 2. The lowest BCUT2D eigenvalue weighted by atomic mass is 10.0. The third kappa shape index (κ3) is 8.23. The topological polar surface area (TPSA) is 49.4 Å². The molecule has 36 heavy (non-hydrogen) atoms. The van der Waals surface area contributed by atoms with Crippen LogP contribution < -0.4 is 5.32 Å². The van der Waals surface area contributed by atoms with Gasteiger partial charge < -0.3 is 10.2 Å². The molecule has 2 amide bonds. The molecule has 0 spiro atoms. The van der Waals surface area contributed by atoms with E-state index in [1.165, 1.54) is 5.56 Å². The van der Waals surface area contributed by atoms with E-state index in [4.69, 9.17) is 11.6 Å². The maximum Gasteiger partial charge on any atom is 0.243 e. The number of hydrogen-bond donors (Lipinski definition) is 1. The van der Waals surface area contributed by atoms with Crippen molar-refractivity contribution in [3.63, 3.8) is 0 Å². The Bertz CT molecular complexity index is 1110. The van der Waals surface area contributed by atoms with Gasteiger partial charge in [0.05, 0.1) is 0 Å². The summed E-state index contributed by atoms with van der Waals surface area (Å²) in [5.41, 5.74) is 4.31. The predicted octanol–water partition coefficient (Wildman–Crippen LogP) is 6.39. The molecule has 4 nitrogen and oxygen atoms in total. The van der Waals surface area contributed by atoms with Crippen molar-refractivity contribution in [2.24, 2.45) is 0 Å². The summed E-state index contributed by atoms with van der Waals surface area (Å²) in [7, 11) is 0. The maximum absolute atomic E-state index is 13.7. The van der Waals surface area contributed by atoms with Gasteiger partial charge in [-0.15, -0.1) is 0 Å². The number of hydrogen-bond acceptors (Lipinski definition) is 2. The summed E-state index contributed by atoms with van der Waals surface area (Å²) in [6, 6.07) is 25.2. The molecule has 0 radical (unpaired) electrons. The number of halogens is 1. The van der Waals surface area contributed by atoms with Crippen LogP contribution in [0.4, 0.5) is 0 Å². The highest BCUT2D eigenvalue weighted by molar-refractivity contribution is 6.30. The highest BCUT2D eigenvalue weighted by Crippen LogP contribution is 2.19. The fraction of sp³-hybridized carbons (Fsp3) is 0.355. The molecule has 0 bridgehead atoms. The van der Waals surface area contributed by atoms with Crippen LogP contribution in [0.1, 0.15) is 55.9 Å². The second-order valence-corrected chi connectivity index (χ2v) is 9.78. The minimum absolute atomic E-state index is 0.0241. The highest BCUT2D eigenvalue weighted by atomic mass is 35.5. The van der Waals surface area contributed by atoms with Gasteiger partial charge in [-0.2, -0.15) is 0 Å². The molecular weight excluding hydrogens is 468 g/mol. The largest absolute Gasteiger partial charge is 0.352 e. The van der Waals surface area contributed by atoms with E-state index in [0.29, 0.717) is 30.8 Å². The smallest absolute Gasteiger partial charge is 0.243 e. The molecule has 0 fully saturated rings. The molecule has 3 rings (SSSR count). The summed E-state index contributed by atoms with van der Waals surface area (Å²) < 4.78 is 0. The van der Waals surface area contributed by atoms with Gasteiger partial charge in [0.1, 0.15) is 6.04 Å². The fourth-order valence-electron chi connectivity index (χ4n) is 4.16. The van der Waals surface area contributed by atoms with Crippen molar-refractivity contribution in [3.8, 4) is 0 Å². The number of aryl methyl sites for hydroxylation is 2. The molecule has 190 valence electrons. The summed E-state index contributed by atoms with van der Waals surface area (Å²) in [6.45, 7) is 6.47. The summed E-state index contributed by atoms with van der Waals surface area (Å²) in [5, 5.41) is 3.72. The van der Waals surface area contributed by atoms with Crippen LogP contribution in [0.3, 0.4) is 0 Å². The average molecular weight is 505 g/mol. The lowest BCUT2D eigenvalue weighted by molar-refractivity contribution is -0.141. The minimum Gasteiger partial charge on any atom is -0.352 e. The molecule has 0 saturated carbocycles. The normalized spacial score (nSPS) is 12.6. The molecule has 0 aliphatic heterocycles. The molecule has 0 saturated heterocycles. The van der Waals surface area contributed by atoms with E-state index < -0.39 is 6.04 Å². The molecule has 3 aromatic rings. The van der Waals surface area contributed by atoms with Crippen molar-refractivity contribution >= 4 is 23.4 Å². The highest BCUT2D eigenvalue weighted by Gasteiger charge is 2.30. The quantitative estimate of drug-likeness (QED) is 0.310. The van der Waals surface area contributed by atoms with Gasteiger partial charge in [-0.3, -0.25) is 9.59 Å². The SMILES string of the molecule is CCc1ccc(CCC(=O)N(Cc2cccc(Cl)c2)[C@H](Cc2ccccc2)C(=O)N[C@@H](C)CC)cc1. The van der Waals surface area contributed by atoms with E-state index in [0.717, 1.165) is 29.5 Å². The van der Waals surface area contributed by atoms with Crippen molar-refractivity contribution < 1.29 is 9.59 Å². The molecule has 0 aromatic heterocycles. The third-order valence-electron chi connectivity index (χ3n) is 6.57. The zero-order chi connectivity index (χ0) is 25.9. The van der Waals surface area contributed by atoms with Gasteiger partial charge in [-0.25, -0.2) is 0 Å². The Balaban J connectivity index is 1.89. The van der Waals surface area contributed by atoms with Gasteiger partial charge in [-0.05, 0) is 60.6 Å². The van der Waals surface area contributed by atoms with Crippen LogP contribution >= 0.6 is 11.6 Å². The molecule has 1 N–H and O–H groups in total. The van der Waals surface area contributed by atoms with Crippen LogP contribution in [-0.2, 0) is 35.4 Å². The van der Waals surface area contributed by atoms with E-state index in [-0.39, 0.29) is 17.9 Å². The molecule has 0 aliphatic carbocycles. The zero-order valence-electron chi connectivity index (χ0n) is 21.5. The summed E-state index contributed by atoms with van der Waals surface area (Å²) in [5.74, 6) is -0.175. The van der Waals surface area contributed by atoms with Gasteiger partial charge in [0.2, 0.25) is 11.8 Å². The Hall–Kier alpha value is -3.11. The lowest BCUT2D eigenvalue weighted by Crippen LogP contribution is -2.52. The Morgan fingerprint density at radius 1 is 0.861 bits per heavy atom. The van der Waals surface area contributed by atoms with Crippen molar-refractivity contribution in [2.75, 3.05) is 0 Å². The summed E-state index contributed by atoms with van der Waals surface area (Å²) in [6.07, 6.45) is 3.20. The first-order valence-electron chi connectivity index (χ1n) is 12.9. The number of carbonyl (C=O) groups is 2. The monoisotopic (exact) mass is 504 g/mol. The first-order chi connectivity index (χ1) is 17.4. The van der Waals surface area contributed by atoms with Gasteiger partial charge in [0.15, 0.2) is 0 Å². The summed E-state index contributed by atoms with van der Waals surface area (Å²) >= 11 is 6.25. The van der Waals surface area contributed by atoms with Crippen molar-refractivity contribution in [1.82, 2.24) is 10.2 Å². The third-order valence-corrected chi connectivity index (χ3v) is 6.81. The van der Waals surface area contributed by atoms with E-state index in [2.05, 4.69) is 36.5 Å². The number of rotatable bonds is 12. The first kappa shape index (κ1) is 27.5. The van der Waals surface area contributed by atoms with Crippen LogP contribution in [0, 0.1) is 0 Å². The Kier molecular flexibility index (Phi) is 10.6. The van der Waals surface area contributed by atoms with E-state index >= 15 is 0 Å². The second-order valence-electron chi connectivity index (χ2n) is 9.35. The second kappa shape index (κ2) is 13.8. The Morgan fingerprint density at radius 2 is 1.53 bits per heavy atom. The maximum atomic E-state index is 13.7. The molecule has 2 atom stereocenters. The van der Waals surface area contributed by atoms with E-state index in [9.17, 15) is 9.59 Å².